The summed E-state index contributed by atoms with van der Waals surface area (Å²) in [4.78, 5) is 27.3. The summed E-state index contributed by atoms with van der Waals surface area (Å²) >= 11 is 0. The van der Waals surface area contributed by atoms with E-state index < -0.39 is 30.3 Å². The zero-order valence-electron chi connectivity index (χ0n) is 11.0. The van der Waals surface area contributed by atoms with Crippen LogP contribution >= 0.6 is 0 Å². The van der Waals surface area contributed by atoms with E-state index >= 15 is 0 Å². The Hall–Kier alpha value is -1.87. The second-order valence-corrected chi connectivity index (χ2v) is 4.66. The van der Waals surface area contributed by atoms with Crippen LogP contribution in [0.4, 0.5) is 0 Å². The number of hydrogen-bond acceptors (Lipinski definition) is 5. The number of aliphatic imine (C=N–C) groups is 1. The van der Waals surface area contributed by atoms with Gasteiger partial charge in [0.05, 0.1) is 0 Å². The summed E-state index contributed by atoms with van der Waals surface area (Å²) in [6, 6.07) is -2.04. The summed E-state index contributed by atoms with van der Waals surface area (Å²) in [5, 5.41) is 28.1. The minimum absolute atomic E-state index is 0.0819. The van der Waals surface area contributed by atoms with E-state index in [1.54, 1.807) is 0 Å². The van der Waals surface area contributed by atoms with Gasteiger partial charge in [-0.3, -0.25) is 19.5 Å². The van der Waals surface area contributed by atoms with Gasteiger partial charge in [-0.25, -0.2) is 0 Å². The molecule has 0 spiro atoms. The second kappa shape index (κ2) is 7.06. The SMILES string of the molecule is NC(N)=NCCC[C@@H](C(=O)O)N1[C@@H](C(=O)O)CC[C@@H]1O. The van der Waals surface area contributed by atoms with Crippen LogP contribution in [-0.2, 0) is 9.59 Å². The van der Waals surface area contributed by atoms with Crippen LogP contribution in [0.1, 0.15) is 25.7 Å². The zero-order valence-corrected chi connectivity index (χ0v) is 11.0. The van der Waals surface area contributed by atoms with Crippen molar-refractivity contribution in [3.8, 4) is 0 Å². The molecule has 0 aliphatic carbocycles. The van der Waals surface area contributed by atoms with E-state index in [4.69, 9.17) is 16.6 Å². The normalized spacial score (nSPS) is 24.2. The fourth-order valence-electron chi connectivity index (χ4n) is 2.38. The number of hydrogen-bond donors (Lipinski definition) is 5. The quantitative estimate of drug-likeness (QED) is 0.211. The second-order valence-electron chi connectivity index (χ2n) is 4.66. The third-order valence-corrected chi connectivity index (χ3v) is 3.26. The molecule has 0 radical (unpaired) electrons. The highest BCUT2D eigenvalue weighted by Gasteiger charge is 2.43. The predicted molar refractivity (Wildman–Crippen MR) is 69.8 cm³/mol. The number of carbonyl (C=O) groups is 2. The molecular weight excluding hydrogens is 268 g/mol. The minimum atomic E-state index is -1.16. The molecule has 0 unspecified atom stereocenters. The maximum Gasteiger partial charge on any atom is 0.321 e. The maximum atomic E-state index is 11.3. The highest BCUT2D eigenvalue weighted by atomic mass is 16.4. The lowest BCUT2D eigenvalue weighted by atomic mass is 10.1. The molecule has 1 rings (SSSR count). The molecule has 1 aliphatic heterocycles. The summed E-state index contributed by atoms with van der Waals surface area (Å²) in [5.74, 6) is -2.37. The largest absolute Gasteiger partial charge is 0.480 e. The number of carboxylic acid groups (broad SMARTS) is 2. The number of likely N-dealkylation sites (tertiary alicyclic amines) is 1. The van der Waals surface area contributed by atoms with Gasteiger partial charge < -0.3 is 26.8 Å². The molecular formula is C11H20N4O5. The van der Waals surface area contributed by atoms with Gasteiger partial charge in [0.25, 0.3) is 0 Å². The third-order valence-electron chi connectivity index (χ3n) is 3.26. The Morgan fingerprint density at radius 2 is 1.95 bits per heavy atom. The van der Waals surface area contributed by atoms with Gasteiger partial charge in [0.2, 0.25) is 0 Å². The molecule has 114 valence electrons. The first-order valence-electron chi connectivity index (χ1n) is 6.31. The lowest BCUT2D eigenvalue weighted by Crippen LogP contribution is -2.51. The highest BCUT2D eigenvalue weighted by Crippen LogP contribution is 2.27. The Morgan fingerprint density at radius 1 is 1.30 bits per heavy atom. The van der Waals surface area contributed by atoms with E-state index in [1.165, 1.54) is 0 Å². The van der Waals surface area contributed by atoms with Gasteiger partial charge in [0, 0.05) is 6.54 Å². The number of carboxylic acids is 2. The molecule has 0 amide bonds. The molecule has 1 saturated heterocycles. The number of aliphatic hydroxyl groups is 1. The van der Waals surface area contributed by atoms with Crippen LogP contribution in [0.2, 0.25) is 0 Å². The fourth-order valence-corrected chi connectivity index (χ4v) is 2.38. The van der Waals surface area contributed by atoms with Crippen LogP contribution in [0.5, 0.6) is 0 Å². The van der Waals surface area contributed by atoms with Crippen molar-refractivity contribution >= 4 is 17.9 Å². The molecule has 20 heavy (non-hydrogen) atoms. The topological polar surface area (TPSA) is 162 Å². The van der Waals surface area contributed by atoms with Crippen LogP contribution < -0.4 is 11.5 Å². The molecule has 0 aromatic carbocycles. The third kappa shape index (κ3) is 4.07. The van der Waals surface area contributed by atoms with Crippen molar-refractivity contribution in [2.45, 2.75) is 44.0 Å². The van der Waals surface area contributed by atoms with Crippen molar-refractivity contribution in [1.29, 1.82) is 0 Å². The van der Waals surface area contributed by atoms with Crippen LogP contribution in [0.25, 0.3) is 0 Å². The molecule has 0 bridgehead atoms. The first-order chi connectivity index (χ1) is 9.34. The molecule has 0 saturated carbocycles. The van der Waals surface area contributed by atoms with Gasteiger partial charge in [-0.05, 0) is 25.7 Å². The Balaban J connectivity index is 2.71. The average Bonchev–Trinajstić information content (AvgIpc) is 2.70. The number of aliphatic carboxylic acids is 2. The fraction of sp³-hybridized carbons (Fsp3) is 0.727. The zero-order chi connectivity index (χ0) is 15.3. The van der Waals surface area contributed by atoms with E-state index in [0.717, 1.165) is 4.90 Å². The average molecular weight is 288 g/mol. The highest BCUT2D eigenvalue weighted by molar-refractivity contribution is 5.78. The number of aliphatic hydroxyl groups excluding tert-OH is 1. The molecule has 3 atom stereocenters. The lowest BCUT2D eigenvalue weighted by molar-refractivity contribution is -0.155. The Labute approximate surface area is 115 Å². The predicted octanol–water partition coefficient (Wildman–Crippen LogP) is -1.64. The van der Waals surface area contributed by atoms with Gasteiger partial charge in [-0.15, -0.1) is 0 Å². The van der Waals surface area contributed by atoms with E-state index in [1.807, 2.05) is 0 Å². The standard InChI is InChI=1S/C11H20N4O5/c12-11(13)14-5-1-2-6(9(17)18)15-7(10(19)20)3-4-8(15)16/h6-8,16H,1-5H2,(H,17,18)(H,19,20)(H4,12,13,14)/t6-,7+,8-/m0/s1. The number of nitrogens with zero attached hydrogens (tertiary/aromatic N) is 2. The van der Waals surface area contributed by atoms with E-state index in [9.17, 15) is 19.8 Å². The van der Waals surface area contributed by atoms with Crippen LogP contribution in [-0.4, -0.2) is 63.0 Å². The van der Waals surface area contributed by atoms with Crippen molar-refractivity contribution < 1.29 is 24.9 Å². The lowest BCUT2D eigenvalue weighted by Gasteiger charge is -2.30. The van der Waals surface area contributed by atoms with Gasteiger partial charge >= 0.3 is 11.9 Å². The van der Waals surface area contributed by atoms with Gasteiger partial charge in [0.1, 0.15) is 18.3 Å². The molecule has 1 aliphatic rings. The van der Waals surface area contributed by atoms with E-state index in [2.05, 4.69) is 4.99 Å². The van der Waals surface area contributed by atoms with Crippen molar-refractivity contribution in [2.75, 3.05) is 6.54 Å². The van der Waals surface area contributed by atoms with Crippen molar-refractivity contribution in [2.24, 2.45) is 16.5 Å². The first kappa shape index (κ1) is 16.2. The van der Waals surface area contributed by atoms with Crippen LogP contribution in [0.3, 0.4) is 0 Å². The summed E-state index contributed by atoms with van der Waals surface area (Å²) in [6.45, 7) is 0.258. The Kier molecular flexibility index (Phi) is 5.71. The molecule has 9 heteroatoms. The Bertz CT molecular complexity index is 396. The van der Waals surface area contributed by atoms with E-state index in [-0.39, 0.29) is 31.8 Å². The molecule has 7 N–H and O–H groups in total. The number of guanidine groups is 1. The molecule has 0 aromatic heterocycles. The van der Waals surface area contributed by atoms with Crippen molar-refractivity contribution in [3.05, 3.63) is 0 Å². The Morgan fingerprint density at radius 3 is 2.45 bits per heavy atom. The summed E-state index contributed by atoms with van der Waals surface area (Å²) in [6.07, 6.45) is -0.0412. The summed E-state index contributed by atoms with van der Waals surface area (Å²) in [5.41, 5.74) is 10.3. The smallest absolute Gasteiger partial charge is 0.321 e. The van der Waals surface area contributed by atoms with Crippen LogP contribution in [0.15, 0.2) is 4.99 Å². The van der Waals surface area contributed by atoms with Crippen LogP contribution in [0, 0.1) is 0 Å². The first-order valence-corrected chi connectivity index (χ1v) is 6.31. The van der Waals surface area contributed by atoms with E-state index in [0.29, 0.717) is 6.42 Å². The van der Waals surface area contributed by atoms with Crippen molar-refractivity contribution in [1.82, 2.24) is 4.90 Å². The molecule has 1 heterocycles. The summed E-state index contributed by atoms with van der Waals surface area (Å²) < 4.78 is 0. The summed E-state index contributed by atoms with van der Waals surface area (Å²) in [7, 11) is 0. The molecule has 0 aromatic rings. The van der Waals surface area contributed by atoms with Crippen molar-refractivity contribution in [3.63, 3.8) is 0 Å². The number of nitrogens with two attached hydrogens (primary N) is 2. The van der Waals surface area contributed by atoms with Gasteiger partial charge in [-0.1, -0.05) is 0 Å². The minimum Gasteiger partial charge on any atom is -0.480 e. The number of rotatable bonds is 7. The van der Waals surface area contributed by atoms with Gasteiger partial charge in [0.15, 0.2) is 5.96 Å². The molecule has 1 fully saturated rings. The molecule has 9 nitrogen and oxygen atoms in total. The monoisotopic (exact) mass is 288 g/mol. The maximum absolute atomic E-state index is 11.3. The van der Waals surface area contributed by atoms with Gasteiger partial charge in [-0.2, -0.15) is 0 Å².